The molecule has 21 heteroatoms. The fraction of sp³-hybridized carbons (Fsp3) is 0.487. The van der Waals surface area contributed by atoms with E-state index in [1.807, 2.05) is 12.1 Å². The number of azo groups is 1. The van der Waals surface area contributed by atoms with Crippen LogP contribution in [0.2, 0.25) is 0 Å². The van der Waals surface area contributed by atoms with Crippen molar-refractivity contribution in [3.05, 3.63) is 81.7 Å². The largest absolute Gasteiger partial charge is 0.505 e. The van der Waals surface area contributed by atoms with Crippen LogP contribution < -0.4 is 16.2 Å². The number of carboxylic acids is 1. The van der Waals surface area contributed by atoms with Gasteiger partial charge in [0.05, 0.1) is 43.1 Å². The lowest BCUT2D eigenvalue weighted by Crippen LogP contribution is -2.48. The number of nitrogens with one attached hydrogen (secondary N) is 3. The lowest BCUT2D eigenvalue weighted by Gasteiger charge is -2.25. The third-order valence-corrected chi connectivity index (χ3v) is 9.53. The zero-order valence-electron chi connectivity index (χ0n) is 33.3. The third-order valence-electron chi connectivity index (χ3n) is 9.53. The van der Waals surface area contributed by atoms with E-state index in [9.17, 15) is 30.0 Å². The number of aryl methyl sites for hydroxylation is 3. The van der Waals surface area contributed by atoms with Gasteiger partial charge in [0.2, 0.25) is 5.76 Å². The van der Waals surface area contributed by atoms with Gasteiger partial charge in [-0.25, -0.2) is 9.48 Å². The van der Waals surface area contributed by atoms with Gasteiger partial charge in [0.15, 0.2) is 11.4 Å². The molecule has 0 saturated heterocycles. The Morgan fingerprint density at radius 2 is 1.33 bits per heavy atom. The van der Waals surface area contributed by atoms with Crippen molar-refractivity contribution in [3.63, 3.8) is 0 Å². The molecule has 0 unspecified atom stereocenters. The Bertz CT molecular complexity index is 2000. The minimum atomic E-state index is -1.55. The normalized spacial score (nSPS) is 16.6. The van der Waals surface area contributed by atoms with Gasteiger partial charge in [0, 0.05) is 24.2 Å². The standard InChI is InChI=1S/C25H22N4O5.2C7H17NO5/c1-14-21(24(31)29(28-14)17-10-9-15-5-2-3-6-16(15)13-17)27-26-20-8-4-7-18(22(20)30)19-11-12-34-23(19)25(32)33;2*1-8-2-4(10)6(12)7(13)5(11)3-9/h4,7-13,28,30H,2-3,5-6H2,1H3,(H,32,33);2*4-13H,2-3H2,1H3/t;2*4-,5+,6+,7+/m.00/s1. The first-order chi connectivity index (χ1) is 28.5. The van der Waals surface area contributed by atoms with Gasteiger partial charge in [-0.15, -0.1) is 10.2 Å². The molecule has 0 spiro atoms. The van der Waals surface area contributed by atoms with E-state index in [4.69, 9.17) is 45.3 Å². The van der Waals surface area contributed by atoms with E-state index in [1.165, 1.54) is 40.6 Å². The van der Waals surface area contributed by atoms with Crippen molar-refractivity contribution in [3.8, 4) is 22.6 Å². The van der Waals surface area contributed by atoms with E-state index in [0.717, 1.165) is 24.9 Å². The molecule has 1 aliphatic carbocycles. The second-order valence-corrected chi connectivity index (χ2v) is 13.9. The number of aliphatic hydroxyl groups is 10. The third kappa shape index (κ3) is 12.8. The summed E-state index contributed by atoms with van der Waals surface area (Å²) in [6, 6.07) is 12.2. The number of aromatic amines is 1. The highest BCUT2D eigenvalue weighted by molar-refractivity contribution is 5.94. The maximum absolute atomic E-state index is 13.1. The fourth-order valence-electron chi connectivity index (χ4n) is 6.10. The van der Waals surface area contributed by atoms with Gasteiger partial charge >= 0.3 is 5.97 Å². The van der Waals surface area contributed by atoms with Gasteiger partial charge < -0.3 is 76.3 Å². The molecule has 21 nitrogen and oxygen atoms in total. The number of phenols is 1. The zero-order valence-corrected chi connectivity index (χ0v) is 33.3. The summed E-state index contributed by atoms with van der Waals surface area (Å²) in [5.74, 6) is -1.81. The van der Waals surface area contributed by atoms with Crippen LogP contribution in [0.3, 0.4) is 0 Å². The Morgan fingerprint density at radius 1 is 0.783 bits per heavy atom. The van der Waals surface area contributed by atoms with Gasteiger partial charge in [-0.1, -0.05) is 18.2 Å². The van der Waals surface area contributed by atoms with E-state index in [2.05, 4.69) is 32.0 Å². The van der Waals surface area contributed by atoms with Crippen LogP contribution in [0.1, 0.15) is 40.2 Å². The number of nitrogens with zero attached hydrogens (tertiary/aromatic N) is 3. The number of carboxylic acid groups (broad SMARTS) is 1. The number of benzene rings is 2. The van der Waals surface area contributed by atoms with Crippen LogP contribution in [0.4, 0.5) is 11.4 Å². The fourth-order valence-corrected chi connectivity index (χ4v) is 6.10. The maximum atomic E-state index is 13.1. The van der Waals surface area contributed by atoms with Crippen molar-refractivity contribution in [2.45, 2.75) is 81.4 Å². The Hall–Kier alpha value is -4.88. The molecule has 2 aromatic heterocycles. The summed E-state index contributed by atoms with van der Waals surface area (Å²) in [7, 11) is 3.15. The van der Waals surface area contributed by atoms with Crippen LogP contribution in [0, 0.1) is 6.92 Å². The van der Waals surface area contributed by atoms with Crippen LogP contribution in [-0.2, 0) is 12.8 Å². The van der Waals surface area contributed by atoms with Crippen LogP contribution in [0.15, 0.2) is 68.2 Å². The number of aromatic nitrogens is 2. The smallest absolute Gasteiger partial charge is 0.372 e. The predicted octanol–water partition coefficient (Wildman–Crippen LogP) is -1.28. The summed E-state index contributed by atoms with van der Waals surface area (Å²) >= 11 is 0. The van der Waals surface area contributed by atoms with Crippen LogP contribution in [0.5, 0.6) is 5.75 Å². The Morgan fingerprint density at radius 3 is 1.87 bits per heavy atom. The van der Waals surface area contributed by atoms with E-state index in [-0.39, 0.29) is 52.7 Å². The molecule has 5 rings (SSSR count). The summed E-state index contributed by atoms with van der Waals surface area (Å²) in [4.78, 5) is 24.5. The molecule has 0 fully saturated rings. The number of para-hydroxylation sites is 1. The van der Waals surface area contributed by atoms with E-state index in [1.54, 1.807) is 33.2 Å². The number of aromatic hydroxyl groups is 1. The number of aliphatic hydroxyl groups excluding tert-OH is 10. The topological polar surface area (TPSA) is 360 Å². The van der Waals surface area contributed by atoms with Crippen molar-refractivity contribution >= 4 is 17.3 Å². The quantitative estimate of drug-likeness (QED) is 0.0550. The highest BCUT2D eigenvalue weighted by atomic mass is 16.4. The number of fused-ring (bicyclic) bond motifs is 1. The monoisotopic (exact) mass is 848 g/mol. The second kappa shape index (κ2) is 23.8. The average molecular weight is 849 g/mol. The molecule has 0 saturated carbocycles. The van der Waals surface area contributed by atoms with Crippen LogP contribution in [-0.4, -0.2) is 166 Å². The lowest BCUT2D eigenvalue weighted by molar-refractivity contribution is -0.113. The number of aromatic carboxylic acids is 1. The summed E-state index contributed by atoms with van der Waals surface area (Å²) in [5, 5.41) is 126. The number of rotatable bonds is 17. The number of likely N-dealkylation sites (N-methyl/N-ethyl adjacent to an activating group) is 2. The van der Waals surface area contributed by atoms with Gasteiger partial charge in [-0.2, -0.15) is 0 Å². The molecule has 0 radical (unpaired) electrons. The highest BCUT2D eigenvalue weighted by Crippen LogP contribution is 2.39. The number of hydrogen-bond acceptors (Lipinski definition) is 18. The minimum absolute atomic E-state index is 0.0929. The van der Waals surface area contributed by atoms with E-state index < -0.39 is 68.0 Å². The average Bonchev–Trinajstić information content (AvgIpc) is 3.86. The molecule has 15 N–H and O–H groups in total. The van der Waals surface area contributed by atoms with Crippen molar-refractivity contribution in [2.24, 2.45) is 10.2 Å². The maximum Gasteiger partial charge on any atom is 0.372 e. The van der Waals surface area contributed by atoms with E-state index >= 15 is 0 Å². The molecule has 8 atom stereocenters. The Labute approximate surface area is 344 Å². The predicted molar refractivity (Wildman–Crippen MR) is 215 cm³/mol. The summed E-state index contributed by atoms with van der Waals surface area (Å²) in [5.41, 5.74) is 4.17. The highest BCUT2D eigenvalue weighted by Gasteiger charge is 2.30. The molecule has 332 valence electrons. The van der Waals surface area contributed by atoms with Gasteiger partial charge in [0.1, 0.15) is 42.3 Å². The lowest BCUT2D eigenvalue weighted by atomic mass is 9.91. The van der Waals surface area contributed by atoms with Gasteiger partial charge in [-0.3, -0.25) is 9.89 Å². The zero-order chi connectivity index (χ0) is 44.7. The van der Waals surface area contributed by atoms with Gasteiger partial charge in [0.25, 0.3) is 5.56 Å². The molecule has 60 heavy (non-hydrogen) atoms. The summed E-state index contributed by atoms with van der Waals surface area (Å²) in [6.45, 7) is 0.591. The van der Waals surface area contributed by atoms with Crippen molar-refractivity contribution in [1.82, 2.24) is 20.4 Å². The summed E-state index contributed by atoms with van der Waals surface area (Å²) < 4.78 is 6.45. The summed E-state index contributed by atoms with van der Waals surface area (Å²) in [6.07, 6.45) is -5.67. The molecular weight excluding hydrogens is 792 g/mol. The first-order valence-electron chi connectivity index (χ1n) is 19.0. The van der Waals surface area contributed by atoms with Crippen molar-refractivity contribution in [2.75, 3.05) is 40.4 Å². The van der Waals surface area contributed by atoms with Gasteiger partial charge in [-0.05, 0) is 82.1 Å². The van der Waals surface area contributed by atoms with E-state index in [0.29, 0.717) is 5.69 Å². The Balaban J connectivity index is 0.000000306. The molecule has 2 heterocycles. The molecule has 0 amide bonds. The first kappa shape index (κ1) is 49.5. The van der Waals surface area contributed by atoms with Crippen LogP contribution >= 0.6 is 0 Å². The number of phenolic OH excluding ortho intramolecular Hbond substituents is 1. The molecular formula is C39H56N6O15. The number of carbonyl (C=O) groups is 1. The molecule has 4 aromatic rings. The molecule has 1 aliphatic rings. The minimum Gasteiger partial charge on any atom is -0.505 e. The molecule has 0 aliphatic heterocycles. The Kier molecular flexibility index (Phi) is 19.6. The van der Waals surface area contributed by atoms with Crippen molar-refractivity contribution in [1.29, 1.82) is 0 Å². The molecule has 2 aromatic carbocycles. The second-order valence-electron chi connectivity index (χ2n) is 13.9. The first-order valence-corrected chi connectivity index (χ1v) is 19.0. The number of H-pyrrole nitrogens is 1. The van der Waals surface area contributed by atoms with Crippen LogP contribution in [0.25, 0.3) is 16.8 Å². The number of hydrogen-bond donors (Lipinski definition) is 15. The SMILES string of the molecule is CNC[C@H](O)[C@@H](O)[C@H](O)[C@H](O)CO.CNC[C@H](O)[C@@H](O)[C@H](O)[C@H](O)CO.Cc1[nH]n(-c2ccc3c(c2)CCCC3)c(=O)c1N=Nc1cccc(-c2ccoc2C(=O)O)c1O. The molecule has 0 bridgehead atoms. The number of furan rings is 1. The van der Waals surface area contributed by atoms with Crippen molar-refractivity contribution < 1.29 is 70.5 Å².